The van der Waals surface area contributed by atoms with Gasteiger partial charge in [-0.05, 0) is 38.5 Å². The topological polar surface area (TPSA) is 87.1 Å². The lowest BCUT2D eigenvalue weighted by molar-refractivity contribution is -0.154. The van der Waals surface area contributed by atoms with Gasteiger partial charge in [-0.15, -0.1) is 24.9 Å². The normalized spacial score (nSPS) is 30.9. The summed E-state index contributed by atoms with van der Waals surface area (Å²) < 4.78 is 4.97. The van der Waals surface area contributed by atoms with Crippen molar-refractivity contribution in [3.05, 3.63) is 25.3 Å². The quantitative estimate of drug-likeness (QED) is 0.140. The van der Waals surface area contributed by atoms with Gasteiger partial charge in [-0.25, -0.2) is 0 Å². The third-order valence-electron chi connectivity index (χ3n) is 7.34. The van der Waals surface area contributed by atoms with E-state index in [1.807, 2.05) is 6.08 Å². The molecule has 3 aliphatic heterocycles. The minimum absolute atomic E-state index is 0.0199. The van der Waals surface area contributed by atoms with Crippen molar-refractivity contribution in [1.82, 2.24) is 9.80 Å². The number of unbranched alkanes of at least 4 members (excludes halogenated alkanes) is 3. The van der Waals surface area contributed by atoms with E-state index in [1.54, 1.807) is 27.6 Å². The van der Waals surface area contributed by atoms with E-state index in [0.29, 0.717) is 39.1 Å². The van der Waals surface area contributed by atoms with E-state index >= 15 is 0 Å². The first kappa shape index (κ1) is 28.3. The number of alkyl halides is 1. The Kier molecular flexibility index (Phi) is 10.3. The van der Waals surface area contributed by atoms with Crippen LogP contribution in [-0.4, -0.2) is 86.4 Å². The van der Waals surface area contributed by atoms with E-state index in [-0.39, 0.29) is 34.5 Å². The van der Waals surface area contributed by atoms with Gasteiger partial charge in [0.25, 0.3) is 0 Å². The Balaban J connectivity index is 1.90. The molecule has 3 aliphatic rings. The summed E-state index contributed by atoms with van der Waals surface area (Å²) in [6, 6.07) is -0.663. The van der Waals surface area contributed by atoms with Crippen LogP contribution in [0, 0.1) is 11.8 Å². The van der Waals surface area contributed by atoms with Crippen LogP contribution < -0.4 is 0 Å². The third kappa shape index (κ3) is 5.52. The number of fused-ring (bicyclic) bond motifs is 1. The number of aliphatic hydroxyl groups excluding tert-OH is 1. The van der Waals surface area contributed by atoms with Crippen LogP contribution in [-0.2, 0) is 19.1 Å². The zero-order valence-corrected chi connectivity index (χ0v) is 23.1. The largest absolute Gasteiger partial charge is 0.465 e. The summed E-state index contributed by atoms with van der Waals surface area (Å²) in [5.74, 6) is -1.75. The maximum Gasteiger partial charge on any atom is 0.310 e. The molecular weight excluding hydrogens is 532 g/mol. The van der Waals surface area contributed by atoms with Gasteiger partial charge in [0.15, 0.2) is 0 Å². The SMILES string of the molecule is C=CCCCCOC(=O)[C@H]1[C@H]2C(=O)N(CCCO)C(C(=O)N(CC=C)CCCC)C23CC(Br)[C@@H]1S3. The molecule has 0 aliphatic carbocycles. The molecular formula is C26H39BrN2O5S. The monoisotopic (exact) mass is 570 g/mol. The summed E-state index contributed by atoms with van der Waals surface area (Å²) in [5, 5.41) is 9.37. The molecule has 2 bridgehead atoms. The molecule has 1 spiro atoms. The van der Waals surface area contributed by atoms with Gasteiger partial charge in [0.1, 0.15) is 6.04 Å². The van der Waals surface area contributed by atoms with Crippen molar-refractivity contribution < 1.29 is 24.2 Å². The molecule has 0 aromatic heterocycles. The number of rotatable bonds is 15. The van der Waals surface area contributed by atoms with Crippen molar-refractivity contribution >= 4 is 45.5 Å². The zero-order chi connectivity index (χ0) is 25.6. The predicted octanol–water partition coefficient (Wildman–Crippen LogP) is 3.55. The van der Waals surface area contributed by atoms with Gasteiger partial charge in [-0.1, -0.05) is 41.4 Å². The van der Waals surface area contributed by atoms with Crippen LogP contribution in [0.25, 0.3) is 0 Å². The van der Waals surface area contributed by atoms with Crippen LogP contribution in [0.3, 0.4) is 0 Å². The lowest BCUT2D eigenvalue weighted by atomic mass is 9.71. The summed E-state index contributed by atoms with van der Waals surface area (Å²) in [4.78, 5) is 44.6. The molecule has 0 aromatic carbocycles. The molecule has 0 aromatic rings. The van der Waals surface area contributed by atoms with Gasteiger partial charge in [0.2, 0.25) is 11.8 Å². The lowest BCUT2D eigenvalue weighted by Gasteiger charge is -2.37. The van der Waals surface area contributed by atoms with Crippen molar-refractivity contribution in [3.63, 3.8) is 0 Å². The molecule has 0 saturated carbocycles. The molecule has 0 radical (unpaired) electrons. The molecule has 3 unspecified atom stereocenters. The maximum atomic E-state index is 14.0. The fourth-order valence-electron chi connectivity index (χ4n) is 5.79. The number of allylic oxidation sites excluding steroid dienone is 1. The number of thioether (sulfide) groups is 1. The Bertz CT molecular complexity index is 811. The van der Waals surface area contributed by atoms with Gasteiger partial charge >= 0.3 is 5.97 Å². The molecule has 35 heavy (non-hydrogen) atoms. The van der Waals surface area contributed by atoms with Crippen LogP contribution in [0.2, 0.25) is 0 Å². The Morgan fingerprint density at radius 3 is 2.71 bits per heavy atom. The van der Waals surface area contributed by atoms with Gasteiger partial charge in [0.05, 0.1) is 23.2 Å². The first-order chi connectivity index (χ1) is 16.9. The van der Waals surface area contributed by atoms with Crippen LogP contribution in [0.4, 0.5) is 0 Å². The number of esters is 1. The number of ether oxygens (including phenoxy) is 1. The third-order valence-corrected chi connectivity index (χ3v) is 10.6. The number of hydrogen-bond donors (Lipinski definition) is 1. The molecule has 3 rings (SSSR count). The number of carbonyl (C=O) groups excluding carboxylic acids is 3. The Hall–Kier alpha value is -1.32. The Morgan fingerprint density at radius 2 is 2.06 bits per heavy atom. The van der Waals surface area contributed by atoms with Crippen molar-refractivity contribution in [2.45, 2.75) is 72.7 Å². The predicted molar refractivity (Wildman–Crippen MR) is 142 cm³/mol. The number of amides is 2. The van der Waals surface area contributed by atoms with Crippen molar-refractivity contribution in [3.8, 4) is 0 Å². The van der Waals surface area contributed by atoms with Gasteiger partial charge in [0, 0.05) is 36.3 Å². The van der Waals surface area contributed by atoms with E-state index in [4.69, 9.17) is 4.74 Å². The van der Waals surface area contributed by atoms with E-state index in [2.05, 4.69) is 36.0 Å². The second-order valence-electron chi connectivity index (χ2n) is 9.65. The highest BCUT2D eigenvalue weighted by atomic mass is 79.9. The van der Waals surface area contributed by atoms with Crippen LogP contribution >= 0.6 is 27.7 Å². The molecule has 9 heteroatoms. The van der Waals surface area contributed by atoms with E-state index in [9.17, 15) is 19.5 Å². The first-order valence-corrected chi connectivity index (χ1v) is 14.6. The lowest BCUT2D eigenvalue weighted by Crippen LogP contribution is -2.55. The summed E-state index contributed by atoms with van der Waals surface area (Å²) in [6.45, 7) is 11.2. The van der Waals surface area contributed by atoms with E-state index < -0.39 is 22.6 Å². The first-order valence-electron chi connectivity index (χ1n) is 12.8. The highest BCUT2D eigenvalue weighted by Gasteiger charge is 2.76. The summed E-state index contributed by atoms with van der Waals surface area (Å²) in [6.07, 6.45) is 8.93. The zero-order valence-electron chi connectivity index (χ0n) is 20.7. The van der Waals surface area contributed by atoms with E-state index in [0.717, 1.165) is 32.1 Å². The Labute approximate surface area is 221 Å². The fourth-order valence-corrected chi connectivity index (χ4v) is 9.38. The smallest absolute Gasteiger partial charge is 0.310 e. The second kappa shape index (κ2) is 12.8. The minimum atomic E-state index is -0.680. The Morgan fingerprint density at radius 1 is 1.29 bits per heavy atom. The van der Waals surface area contributed by atoms with Crippen molar-refractivity contribution in [2.24, 2.45) is 11.8 Å². The summed E-state index contributed by atoms with van der Waals surface area (Å²) in [5.41, 5.74) is 0. The molecule has 196 valence electrons. The summed E-state index contributed by atoms with van der Waals surface area (Å²) >= 11 is 5.38. The van der Waals surface area contributed by atoms with Gasteiger partial charge in [-0.3, -0.25) is 14.4 Å². The van der Waals surface area contributed by atoms with Crippen LogP contribution in [0.15, 0.2) is 25.3 Å². The highest BCUT2D eigenvalue weighted by Crippen LogP contribution is 2.68. The molecule has 3 saturated heterocycles. The number of hydrogen-bond acceptors (Lipinski definition) is 6. The fraction of sp³-hybridized carbons (Fsp3) is 0.731. The second-order valence-corrected chi connectivity index (χ2v) is 12.4. The minimum Gasteiger partial charge on any atom is -0.465 e. The summed E-state index contributed by atoms with van der Waals surface area (Å²) in [7, 11) is 0. The molecule has 7 nitrogen and oxygen atoms in total. The van der Waals surface area contributed by atoms with Crippen molar-refractivity contribution in [2.75, 3.05) is 32.8 Å². The molecule has 3 fully saturated rings. The highest BCUT2D eigenvalue weighted by molar-refractivity contribution is 9.09. The standard InChI is InChI=1S/C26H39BrN2O5S/c1-4-7-9-10-16-34-25(33)19-20-23(31)29(14-11-15-30)22(26(20)17-18(27)21(19)35-26)24(32)28(12-6-3)13-8-5-2/h4,6,18-22,30H,1,3,5,7-17H2,2H3/t18?,19-,20-,21-,22?,26?/m0/s1. The number of aliphatic hydroxyl groups is 1. The van der Waals surface area contributed by atoms with Crippen LogP contribution in [0.5, 0.6) is 0 Å². The number of halogens is 1. The number of carbonyl (C=O) groups is 3. The van der Waals surface area contributed by atoms with Crippen LogP contribution in [0.1, 0.15) is 51.9 Å². The van der Waals surface area contributed by atoms with Gasteiger partial charge in [-0.2, -0.15) is 0 Å². The van der Waals surface area contributed by atoms with E-state index in [1.165, 1.54) is 0 Å². The van der Waals surface area contributed by atoms with Crippen molar-refractivity contribution in [1.29, 1.82) is 0 Å². The maximum absolute atomic E-state index is 14.0. The van der Waals surface area contributed by atoms with Gasteiger partial charge < -0.3 is 19.6 Å². The number of nitrogens with zero attached hydrogens (tertiary/aromatic N) is 2. The molecule has 2 amide bonds. The number of likely N-dealkylation sites (tertiary alicyclic amines) is 1. The molecule has 1 N–H and O–H groups in total. The average Bonchev–Trinajstić information content (AvgIpc) is 3.43. The average molecular weight is 572 g/mol. The molecule has 3 heterocycles. The molecule has 6 atom stereocenters.